The molecule has 4 aromatic rings. The molecule has 0 aliphatic heterocycles. The number of aromatic nitrogens is 5. The highest BCUT2D eigenvalue weighted by Crippen LogP contribution is 2.44. The summed E-state index contributed by atoms with van der Waals surface area (Å²) in [5.74, 6) is 0.471. The molecule has 8 nitrogen and oxygen atoms in total. The van der Waals surface area contributed by atoms with Gasteiger partial charge in [-0.3, -0.25) is 4.40 Å². The van der Waals surface area contributed by atoms with Crippen LogP contribution in [0.5, 0.6) is 0 Å². The molecule has 0 spiro atoms. The predicted octanol–water partition coefficient (Wildman–Crippen LogP) is 1.46. The minimum Gasteiger partial charge on any atom is -0.618 e. The van der Waals surface area contributed by atoms with Crippen LogP contribution in [0.4, 0.5) is 0 Å². The first-order valence-corrected chi connectivity index (χ1v) is 7.63. The standard InChI is InChI=1S/C16H13N5O3/c1-9-13-12(14-18-15(24-19-14)16(22)6-7-16)17-8-20(13)10-4-2-3-5-11(10)21(9)23/h2-5,8,22H,6-7H2,1H3. The van der Waals surface area contributed by atoms with E-state index in [0.717, 1.165) is 10.2 Å². The van der Waals surface area contributed by atoms with Crippen LogP contribution in [0.2, 0.25) is 0 Å². The maximum absolute atomic E-state index is 12.6. The Morgan fingerprint density at radius 2 is 2.12 bits per heavy atom. The highest BCUT2D eigenvalue weighted by atomic mass is 16.5. The van der Waals surface area contributed by atoms with E-state index in [9.17, 15) is 10.3 Å². The van der Waals surface area contributed by atoms with Crippen LogP contribution >= 0.6 is 0 Å². The van der Waals surface area contributed by atoms with Crippen molar-refractivity contribution in [1.82, 2.24) is 19.5 Å². The highest BCUT2D eigenvalue weighted by Gasteiger charge is 2.48. The number of para-hydroxylation sites is 2. The molecular weight excluding hydrogens is 310 g/mol. The molecule has 1 aliphatic carbocycles. The van der Waals surface area contributed by atoms with Crippen molar-refractivity contribution in [1.29, 1.82) is 0 Å². The lowest BCUT2D eigenvalue weighted by Crippen LogP contribution is -2.32. The smallest absolute Gasteiger partial charge is 0.258 e. The fourth-order valence-corrected chi connectivity index (χ4v) is 3.00. The molecule has 1 saturated carbocycles. The van der Waals surface area contributed by atoms with Gasteiger partial charge in [0.25, 0.3) is 5.89 Å². The van der Waals surface area contributed by atoms with Gasteiger partial charge in [0.15, 0.2) is 0 Å². The Hall–Kier alpha value is -3.00. The van der Waals surface area contributed by atoms with E-state index in [1.165, 1.54) is 0 Å². The molecule has 1 aromatic carbocycles. The number of nitrogens with zero attached hydrogens (tertiary/aromatic N) is 5. The molecule has 1 aliphatic rings. The van der Waals surface area contributed by atoms with E-state index in [2.05, 4.69) is 15.1 Å². The molecule has 0 saturated heterocycles. The van der Waals surface area contributed by atoms with Gasteiger partial charge in [-0.15, -0.1) is 0 Å². The third-order valence-electron chi connectivity index (χ3n) is 4.53. The lowest BCUT2D eigenvalue weighted by atomic mass is 10.2. The van der Waals surface area contributed by atoms with Crippen molar-refractivity contribution in [3.05, 3.63) is 47.4 Å². The molecule has 0 radical (unpaired) electrons. The zero-order chi connectivity index (χ0) is 16.5. The quantitative estimate of drug-likeness (QED) is 0.442. The van der Waals surface area contributed by atoms with Gasteiger partial charge in [0.2, 0.25) is 17.0 Å². The van der Waals surface area contributed by atoms with Gasteiger partial charge in [-0.2, -0.15) is 9.71 Å². The summed E-state index contributed by atoms with van der Waals surface area (Å²) in [4.78, 5) is 8.65. The molecule has 120 valence electrons. The molecule has 0 atom stereocenters. The zero-order valence-corrected chi connectivity index (χ0v) is 12.8. The monoisotopic (exact) mass is 323 g/mol. The van der Waals surface area contributed by atoms with E-state index < -0.39 is 5.60 Å². The lowest BCUT2D eigenvalue weighted by molar-refractivity contribution is -0.583. The molecule has 8 heteroatoms. The molecule has 24 heavy (non-hydrogen) atoms. The van der Waals surface area contributed by atoms with Crippen molar-refractivity contribution >= 4 is 16.6 Å². The van der Waals surface area contributed by atoms with Crippen molar-refractivity contribution in [2.24, 2.45) is 0 Å². The minimum absolute atomic E-state index is 0.201. The van der Waals surface area contributed by atoms with Gasteiger partial charge >= 0.3 is 0 Å². The number of fused-ring (bicyclic) bond motifs is 3. The van der Waals surface area contributed by atoms with Gasteiger partial charge in [-0.1, -0.05) is 17.3 Å². The molecule has 0 bridgehead atoms. The van der Waals surface area contributed by atoms with Crippen molar-refractivity contribution in [3.8, 4) is 11.5 Å². The minimum atomic E-state index is -0.999. The predicted molar refractivity (Wildman–Crippen MR) is 82.8 cm³/mol. The molecule has 0 amide bonds. The van der Waals surface area contributed by atoms with Gasteiger partial charge in [0, 0.05) is 13.0 Å². The summed E-state index contributed by atoms with van der Waals surface area (Å²) in [6.07, 6.45) is 2.87. The van der Waals surface area contributed by atoms with E-state index in [0.29, 0.717) is 35.3 Å². The van der Waals surface area contributed by atoms with Crippen LogP contribution in [-0.4, -0.2) is 24.6 Å². The van der Waals surface area contributed by atoms with Crippen LogP contribution in [0, 0.1) is 12.1 Å². The third kappa shape index (κ3) is 1.65. The van der Waals surface area contributed by atoms with Crippen molar-refractivity contribution < 1.29 is 14.4 Å². The Kier molecular flexibility index (Phi) is 2.41. The topological polar surface area (TPSA) is 103 Å². The van der Waals surface area contributed by atoms with Crippen LogP contribution in [0.3, 0.4) is 0 Å². The first-order chi connectivity index (χ1) is 11.6. The van der Waals surface area contributed by atoms with E-state index >= 15 is 0 Å². The second kappa shape index (κ2) is 4.30. The largest absolute Gasteiger partial charge is 0.618 e. The number of imidazole rings is 1. The average molecular weight is 323 g/mol. The lowest BCUT2D eigenvalue weighted by Gasteiger charge is -2.08. The summed E-state index contributed by atoms with van der Waals surface area (Å²) in [6.45, 7) is 1.73. The van der Waals surface area contributed by atoms with E-state index in [4.69, 9.17) is 4.52 Å². The second-order valence-corrected chi connectivity index (χ2v) is 6.14. The molecule has 3 heterocycles. The SMILES string of the molecule is Cc1c2c(-c3noc(C4(O)CC4)n3)ncn2c2ccccc2[n+]1[O-]. The molecular formula is C16H13N5O3. The number of benzene rings is 1. The van der Waals surface area contributed by atoms with Crippen molar-refractivity contribution in [2.45, 2.75) is 25.4 Å². The Morgan fingerprint density at radius 1 is 1.33 bits per heavy atom. The fourth-order valence-electron chi connectivity index (χ4n) is 3.00. The number of hydrogen-bond donors (Lipinski definition) is 1. The highest BCUT2D eigenvalue weighted by molar-refractivity contribution is 5.82. The van der Waals surface area contributed by atoms with Gasteiger partial charge in [-0.05, 0) is 18.9 Å². The van der Waals surface area contributed by atoms with Gasteiger partial charge in [0.1, 0.15) is 28.7 Å². The zero-order valence-electron chi connectivity index (χ0n) is 12.8. The summed E-state index contributed by atoms with van der Waals surface area (Å²) >= 11 is 0. The van der Waals surface area contributed by atoms with E-state index in [-0.39, 0.29) is 11.7 Å². The average Bonchev–Trinajstić information content (AvgIpc) is 3.04. The third-order valence-corrected chi connectivity index (χ3v) is 4.53. The first-order valence-electron chi connectivity index (χ1n) is 7.63. The van der Waals surface area contributed by atoms with E-state index in [1.54, 1.807) is 19.3 Å². The number of rotatable bonds is 2. The summed E-state index contributed by atoms with van der Waals surface area (Å²) in [7, 11) is 0. The summed E-state index contributed by atoms with van der Waals surface area (Å²) < 4.78 is 7.90. The Balaban J connectivity index is 1.80. The maximum Gasteiger partial charge on any atom is 0.258 e. The van der Waals surface area contributed by atoms with Crippen molar-refractivity contribution in [3.63, 3.8) is 0 Å². The first kappa shape index (κ1) is 13.4. The molecule has 0 unspecified atom stereocenters. The van der Waals surface area contributed by atoms with Gasteiger partial charge in [-0.25, -0.2) is 4.98 Å². The normalized spacial score (nSPS) is 16.1. The summed E-state index contributed by atoms with van der Waals surface area (Å²) in [6, 6.07) is 7.31. The number of hydrogen-bond acceptors (Lipinski definition) is 6. The van der Waals surface area contributed by atoms with Crippen LogP contribution in [0.15, 0.2) is 35.1 Å². The Morgan fingerprint density at radius 3 is 2.92 bits per heavy atom. The van der Waals surface area contributed by atoms with Crippen LogP contribution in [-0.2, 0) is 5.60 Å². The van der Waals surface area contributed by atoms with E-state index in [1.807, 2.05) is 22.6 Å². The van der Waals surface area contributed by atoms with Crippen molar-refractivity contribution in [2.75, 3.05) is 0 Å². The Bertz CT molecular complexity index is 1110. The molecule has 5 rings (SSSR count). The number of aliphatic hydroxyl groups is 1. The van der Waals surface area contributed by atoms with Gasteiger partial charge in [0.05, 0.1) is 0 Å². The number of aryl methyl sites for hydroxylation is 1. The van der Waals surface area contributed by atoms with Crippen LogP contribution in [0.1, 0.15) is 24.4 Å². The summed E-state index contributed by atoms with van der Waals surface area (Å²) in [5, 5.41) is 26.6. The van der Waals surface area contributed by atoms with Crippen LogP contribution < -0.4 is 4.73 Å². The molecule has 1 fully saturated rings. The maximum atomic E-state index is 12.6. The fraction of sp³-hybridized carbons (Fsp3) is 0.250. The Labute approximate surface area is 135 Å². The second-order valence-electron chi connectivity index (χ2n) is 6.14. The molecule has 1 N–H and O–H groups in total. The summed E-state index contributed by atoms with van der Waals surface area (Å²) in [5.41, 5.74) is 1.89. The molecule has 3 aromatic heterocycles. The van der Waals surface area contributed by atoms with Crippen LogP contribution in [0.25, 0.3) is 28.1 Å². The van der Waals surface area contributed by atoms with Gasteiger partial charge < -0.3 is 14.8 Å².